The molecular formula is C11H17BrN4O. The number of anilines is 1. The van der Waals surface area contributed by atoms with E-state index >= 15 is 0 Å². The topological polar surface area (TPSA) is 58.1 Å². The Morgan fingerprint density at radius 1 is 1.47 bits per heavy atom. The van der Waals surface area contributed by atoms with Crippen molar-refractivity contribution < 1.29 is 4.79 Å². The highest BCUT2D eigenvalue weighted by Gasteiger charge is 2.09. The molecule has 1 N–H and O–H groups in total. The molecule has 0 radical (unpaired) electrons. The summed E-state index contributed by atoms with van der Waals surface area (Å²) in [6.07, 6.45) is 3.32. The molecule has 0 aromatic carbocycles. The normalized spacial score (nSPS) is 10.4. The summed E-state index contributed by atoms with van der Waals surface area (Å²) in [6, 6.07) is 0. The molecule has 6 heteroatoms. The maximum absolute atomic E-state index is 11.6. The van der Waals surface area contributed by atoms with E-state index in [1.54, 1.807) is 24.3 Å². The van der Waals surface area contributed by atoms with Crippen molar-refractivity contribution in [3.8, 4) is 0 Å². The van der Waals surface area contributed by atoms with Gasteiger partial charge >= 0.3 is 0 Å². The largest absolute Gasteiger partial charge is 0.354 e. The van der Waals surface area contributed by atoms with Crippen LogP contribution in [0.15, 0.2) is 16.9 Å². The Kier molecular flexibility index (Phi) is 5.34. The maximum atomic E-state index is 11.6. The molecule has 1 heterocycles. The smallest absolute Gasteiger partial charge is 0.239 e. The van der Waals surface area contributed by atoms with Crippen molar-refractivity contribution in [2.24, 2.45) is 5.92 Å². The lowest BCUT2D eigenvalue weighted by atomic mass is 10.2. The fourth-order valence-corrected chi connectivity index (χ4v) is 1.37. The third kappa shape index (κ3) is 5.12. The van der Waals surface area contributed by atoms with Crippen LogP contribution < -0.4 is 10.2 Å². The van der Waals surface area contributed by atoms with Crippen LogP contribution in [0.5, 0.6) is 0 Å². The van der Waals surface area contributed by atoms with Crippen LogP contribution in [-0.4, -0.2) is 36.0 Å². The molecule has 0 unspecified atom stereocenters. The van der Waals surface area contributed by atoms with Crippen LogP contribution in [0.3, 0.4) is 0 Å². The van der Waals surface area contributed by atoms with E-state index in [2.05, 4.69) is 45.1 Å². The summed E-state index contributed by atoms with van der Waals surface area (Å²) in [5.41, 5.74) is 0. The first-order valence-electron chi connectivity index (χ1n) is 5.44. The Morgan fingerprint density at radius 2 is 2.06 bits per heavy atom. The molecule has 0 aliphatic carbocycles. The van der Waals surface area contributed by atoms with Crippen LogP contribution in [0.25, 0.3) is 0 Å². The summed E-state index contributed by atoms with van der Waals surface area (Å²) >= 11 is 3.26. The molecule has 0 saturated carbocycles. The summed E-state index contributed by atoms with van der Waals surface area (Å²) in [6.45, 7) is 5.06. The summed E-state index contributed by atoms with van der Waals surface area (Å²) in [4.78, 5) is 21.5. The van der Waals surface area contributed by atoms with Gasteiger partial charge in [0.1, 0.15) is 0 Å². The van der Waals surface area contributed by atoms with E-state index in [1.165, 1.54) is 0 Å². The molecule has 0 saturated heterocycles. The number of aromatic nitrogens is 2. The molecule has 1 rings (SSSR count). The van der Waals surface area contributed by atoms with E-state index in [4.69, 9.17) is 0 Å². The molecule has 94 valence electrons. The second-order valence-corrected chi connectivity index (χ2v) is 5.17. The van der Waals surface area contributed by atoms with Crippen LogP contribution in [-0.2, 0) is 4.79 Å². The quantitative estimate of drug-likeness (QED) is 0.894. The molecule has 0 spiro atoms. The number of hydrogen-bond acceptors (Lipinski definition) is 4. The number of carbonyl (C=O) groups excluding carboxylic acids is 1. The zero-order valence-electron chi connectivity index (χ0n) is 10.3. The van der Waals surface area contributed by atoms with E-state index in [0.29, 0.717) is 18.4 Å². The van der Waals surface area contributed by atoms with E-state index in [0.717, 1.165) is 4.47 Å². The third-order valence-electron chi connectivity index (χ3n) is 2.04. The highest BCUT2D eigenvalue weighted by molar-refractivity contribution is 9.10. The number of halogens is 1. The van der Waals surface area contributed by atoms with Crippen molar-refractivity contribution in [3.05, 3.63) is 16.9 Å². The zero-order valence-corrected chi connectivity index (χ0v) is 11.9. The standard InChI is InChI=1S/C11H17BrN4O/c1-8(2)4-13-10(17)7-16(3)11-14-5-9(12)6-15-11/h5-6,8H,4,7H2,1-3H3,(H,13,17). The predicted octanol–water partition coefficient (Wildman–Crippen LogP) is 1.45. The minimum Gasteiger partial charge on any atom is -0.354 e. The lowest BCUT2D eigenvalue weighted by molar-refractivity contribution is -0.119. The molecule has 5 nitrogen and oxygen atoms in total. The molecule has 0 fully saturated rings. The highest BCUT2D eigenvalue weighted by atomic mass is 79.9. The monoisotopic (exact) mass is 300 g/mol. The van der Waals surface area contributed by atoms with Crippen molar-refractivity contribution in [2.75, 3.05) is 25.0 Å². The molecule has 0 atom stereocenters. The van der Waals surface area contributed by atoms with Gasteiger partial charge in [0.2, 0.25) is 11.9 Å². The van der Waals surface area contributed by atoms with Crippen molar-refractivity contribution in [3.63, 3.8) is 0 Å². The lowest BCUT2D eigenvalue weighted by Gasteiger charge is -2.16. The van der Waals surface area contributed by atoms with Gasteiger partial charge in [-0.15, -0.1) is 0 Å². The number of amides is 1. The first-order chi connectivity index (χ1) is 7.99. The summed E-state index contributed by atoms with van der Waals surface area (Å²) in [5, 5.41) is 2.85. The second-order valence-electron chi connectivity index (χ2n) is 4.26. The molecule has 1 aromatic rings. The van der Waals surface area contributed by atoms with Gasteiger partial charge in [-0.2, -0.15) is 0 Å². The lowest BCUT2D eigenvalue weighted by Crippen LogP contribution is -2.37. The fourth-order valence-electron chi connectivity index (χ4n) is 1.16. The van der Waals surface area contributed by atoms with Crippen molar-refractivity contribution in [1.82, 2.24) is 15.3 Å². The van der Waals surface area contributed by atoms with Crippen LogP contribution in [0.4, 0.5) is 5.95 Å². The number of nitrogens with zero attached hydrogens (tertiary/aromatic N) is 3. The highest BCUT2D eigenvalue weighted by Crippen LogP contribution is 2.09. The molecule has 1 aromatic heterocycles. The molecule has 17 heavy (non-hydrogen) atoms. The third-order valence-corrected chi connectivity index (χ3v) is 2.45. The fraction of sp³-hybridized carbons (Fsp3) is 0.545. The van der Waals surface area contributed by atoms with Crippen LogP contribution >= 0.6 is 15.9 Å². The number of hydrogen-bond donors (Lipinski definition) is 1. The predicted molar refractivity (Wildman–Crippen MR) is 70.8 cm³/mol. The van der Waals surface area contributed by atoms with Crippen LogP contribution in [0, 0.1) is 5.92 Å². The average molecular weight is 301 g/mol. The van der Waals surface area contributed by atoms with E-state index in [9.17, 15) is 4.79 Å². The van der Waals surface area contributed by atoms with Gasteiger partial charge in [-0.1, -0.05) is 13.8 Å². The summed E-state index contributed by atoms with van der Waals surface area (Å²) in [5.74, 6) is 0.966. The summed E-state index contributed by atoms with van der Waals surface area (Å²) < 4.78 is 0.818. The SMILES string of the molecule is CC(C)CNC(=O)CN(C)c1ncc(Br)cn1. The Hall–Kier alpha value is -1.17. The van der Waals surface area contributed by atoms with Crippen molar-refractivity contribution >= 4 is 27.8 Å². The minimum atomic E-state index is -0.0206. The molecule has 0 bridgehead atoms. The van der Waals surface area contributed by atoms with Gasteiger partial charge in [-0.25, -0.2) is 9.97 Å². The van der Waals surface area contributed by atoms with Gasteiger partial charge in [0, 0.05) is 26.0 Å². The zero-order chi connectivity index (χ0) is 12.8. The first kappa shape index (κ1) is 13.9. The van der Waals surface area contributed by atoms with Gasteiger partial charge < -0.3 is 10.2 Å². The van der Waals surface area contributed by atoms with E-state index in [1.807, 2.05) is 0 Å². The maximum Gasteiger partial charge on any atom is 0.239 e. The molecule has 0 aliphatic heterocycles. The number of carbonyl (C=O) groups is 1. The van der Waals surface area contributed by atoms with Gasteiger partial charge in [0.15, 0.2) is 0 Å². The minimum absolute atomic E-state index is 0.0206. The van der Waals surface area contributed by atoms with E-state index in [-0.39, 0.29) is 12.5 Å². The molecule has 1 amide bonds. The van der Waals surface area contributed by atoms with Gasteiger partial charge in [0.05, 0.1) is 11.0 Å². The summed E-state index contributed by atoms with van der Waals surface area (Å²) in [7, 11) is 1.79. The Labute approximate surface area is 110 Å². The Bertz CT molecular complexity index is 366. The first-order valence-corrected chi connectivity index (χ1v) is 6.23. The van der Waals surface area contributed by atoms with Crippen molar-refractivity contribution in [2.45, 2.75) is 13.8 Å². The van der Waals surface area contributed by atoms with Crippen LogP contribution in [0.2, 0.25) is 0 Å². The van der Waals surface area contributed by atoms with Gasteiger partial charge in [0.25, 0.3) is 0 Å². The van der Waals surface area contributed by atoms with Gasteiger partial charge in [-0.3, -0.25) is 4.79 Å². The number of rotatable bonds is 5. The Balaban J connectivity index is 2.46. The Morgan fingerprint density at radius 3 is 2.59 bits per heavy atom. The molecule has 0 aliphatic rings. The van der Waals surface area contributed by atoms with Gasteiger partial charge in [-0.05, 0) is 21.8 Å². The van der Waals surface area contributed by atoms with E-state index < -0.39 is 0 Å². The molecular weight excluding hydrogens is 284 g/mol. The number of likely N-dealkylation sites (N-methyl/N-ethyl adjacent to an activating group) is 1. The second kappa shape index (κ2) is 6.54. The number of nitrogens with one attached hydrogen (secondary N) is 1. The van der Waals surface area contributed by atoms with Crippen molar-refractivity contribution in [1.29, 1.82) is 0 Å². The van der Waals surface area contributed by atoms with Crippen LogP contribution in [0.1, 0.15) is 13.8 Å². The average Bonchev–Trinajstić information content (AvgIpc) is 2.27.